The Morgan fingerprint density at radius 2 is 1.71 bits per heavy atom. The van der Waals surface area contributed by atoms with Crippen molar-refractivity contribution in [3.05, 3.63) is 11.6 Å². The van der Waals surface area contributed by atoms with Gasteiger partial charge in [0, 0.05) is 16.9 Å². The number of thioether (sulfide) groups is 2. The number of rotatable bonds is 11. The van der Waals surface area contributed by atoms with E-state index in [0.717, 1.165) is 11.3 Å². The van der Waals surface area contributed by atoms with Crippen LogP contribution in [0.5, 0.6) is 0 Å². The molecule has 4 unspecified atom stereocenters. The zero-order valence-corrected chi connectivity index (χ0v) is 21.6. The number of esters is 2. The van der Waals surface area contributed by atoms with E-state index >= 15 is 0 Å². The molecule has 0 bridgehead atoms. The molecule has 0 aromatic carbocycles. The van der Waals surface area contributed by atoms with Gasteiger partial charge in [-0.1, -0.05) is 18.6 Å². The van der Waals surface area contributed by atoms with Crippen molar-refractivity contribution in [2.45, 2.75) is 52.8 Å². The van der Waals surface area contributed by atoms with Crippen molar-refractivity contribution in [1.82, 2.24) is 0 Å². The highest BCUT2D eigenvalue weighted by molar-refractivity contribution is 8.00. The Kier molecular flexibility index (Phi) is 12.6. The van der Waals surface area contributed by atoms with Crippen LogP contribution in [-0.2, 0) is 23.9 Å². The fourth-order valence-corrected chi connectivity index (χ4v) is 6.75. The smallest absolute Gasteiger partial charge is 0.321 e. The minimum Gasteiger partial charge on any atom is -0.480 e. The number of ether oxygens (including phenoxy) is 2. The van der Waals surface area contributed by atoms with Gasteiger partial charge in [0.1, 0.15) is 6.04 Å². The topological polar surface area (TPSA) is 116 Å². The second kappa shape index (κ2) is 13.0. The first-order valence-electron chi connectivity index (χ1n) is 10.2. The predicted octanol–water partition coefficient (Wildman–Crippen LogP) is 3.39. The van der Waals surface area contributed by atoms with Crippen LogP contribution < -0.4 is 5.73 Å². The van der Waals surface area contributed by atoms with E-state index in [4.69, 9.17) is 15.2 Å². The zero-order chi connectivity index (χ0) is 23.1. The fraction of sp³-hybridized carbons (Fsp3) is 0.762. The first-order valence-corrected chi connectivity index (χ1v) is 12.4. The third-order valence-electron chi connectivity index (χ3n) is 5.61. The van der Waals surface area contributed by atoms with Crippen molar-refractivity contribution in [2.24, 2.45) is 22.5 Å². The average Bonchev–Trinajstić information content (AvgIpc) is 2.67. The number of hydrogen-bond acceptors (Lipinski definition) is 8. The van der Waals surface area contributed by atoms with Crippen LogP contribution in [0, 0.1) is 16.7 Å². The first-order chi connectivity index (χ1) is 14.0. The van der Waals surface area contributed by atoms with Gasteiger partial charge in [-0.15, -0.1) is 12.4 Å². The van der Waals surface area contributed by atoms with E-state index in [1.807, 2.05) is 33.8 Å². The van der Waals surface area contributed by atoms with Crippen LogP contribution >= 0.6 is 35.9 Å². The third kappa shape index (κ3) is 6.55. The zero-order valence-electron chi connectivity index (χ0n) is 19.1. The molecule has 0 spiro atoms. The normalized spacial score (nSPS) is 28.7. The van der Waals surface area contributed by atoms with Crippen molar-refractivity contribution in [3.63, 3.8) is 0 Å². The lowest BCUT2D eigenvalue weighted by molar-refractivity contribution is -0.167. The molecule has 0 heterocycles. The lowest BCUT2D eigenvalue weighted by Gasteiger charge is -2.51. The molecule has 3 N–H and O–H groups in total. The van der Waals surface area contributed by atoms with Crippen LogP contribution in [0.15, 0.2) is 11.6 Å². The van der Waals surface area contributed by atoms with Gasteiger partial charge in [-0.25, -0.2) is 0 Å². The molecule has 0 amide bonds. The molecule has 0 radical (unpaired) electrons. The monoisotopic (exact) mass is 497 g/mol. The van der Waals surface area contributed by atoms with Crippen LogP contribution in [-0.4, -0.2) is 64.8 Å². The number of carbonyl (C=O) groups is 3. The molecule has 180 valence electrons. The van der Waals surface area contributed by atoms with Crippen LogP contribution in [0.2, 0.25) is 0 Å². The summed E-state index contributed by atoms with van der Waals surface area (Å²) < 4.78 is 10.9. The van der Waals surface area contributed by atoms with Crippen molar-refractivity contribution in [2.75, 3.05) is 30.5 Å². The Bertz CT molecular complexity index is 676. The number of carboxylic acid groups (broad SMARTS) is 1. The molecular formula is C21H36ClNO6S2. The largest absolute Gasteiger partial charge is 0.480 e. The van der Waals surface area contributed by atoms with Crippen molar-refractivity contribution in [3.8, 4) is 0 Å². The van der Waals surface area contributed by atoms with Crippen molar-refractivity contribution >= 4 is 53.8 Å². The van der Waals surface area contributed by atoms with Gasteiger partial charge in [-0.3, -0.25) is 14.4 Å². The molecule has 1 aliphatic carbocycles. The second-order valence-corrected chi connectivity index (χ2v) is 10.2. The van der Waals surface area contributed by atoms with Gasteiger partial charge in [0.25, 0.3) is 0 Å². The van der Waals surface area contributed by atoms with E-state index in [0.29, 0.717) is 5.75 Å². The summed E-state index contributed by atoms with van der Waals surface area (Å²) in [4.78, 5) is 37.6. The number of nitrogens with two attached hydrogens (primary N) is 1. The molecule has 0 aromatic rings. The maximum absolute atomic E-state index is 13.3. The Hall–Kier alpha value is -0.900. The van der Waals surface area contributed by atoms with Gasteiger partial charge in [-0.05, 0) is 46.1 Å². The van der Waals surface area contributed by atoms with Gasteiger partial charge < -0.3 is 20.3 Å². The molecule has 0 saturated carbocycles. The Morgan fingerprint density at radius 3 is 2.19 bits per heavy atom. The summed E-state index contributed by atoms with van der Waals surface area (Å²) in [7, 11) is 0. The van der Waals surface area contributed by atoms with E-state index in [1.54, 1.807) is 25.6 Å². The molecule has 7 nitrogen and oxygen atoms in total. The van der Waals surface area contributed by atoms with E-state index in [1.165, 1.54) is 11.8 Å². The molecular weight excluding hydrogens is 462 g/mol. The number of carboxylic acids is 1. The quantitative estimate of drug-likeness (QED) is 0.327. The lowest BCUT2D eigenvalue weighted by Crippen LogP contribution is -2.58. The van der Waals surface area contributed by atoms with Gasteiger partial charge in [0.15, 0.2) is 0 Å². The average molecular weight is 498 g/mol. The SMILES string of the molecule is CCOC(=O)C1(C)C=C(C)C(SC[C@H](N)C(=O)O)C(C)(C(=O)OCC)C1CSCC.Cl. The summed E-state index contributed by atoms with van der Waals surface area (Å²) in [5.41, 5.74) is 4.49. The molecule has 10 heteroatoms. The molecule has 1 aliphatic rings. The third-order valence-corrected chi connectivity index (χ3v) is 8.34. The van der Waals surface area contributed by atoms with E-state index in [2.05, 4.69) is 0 Å². The number of halogens is 1. The summed E-state index contributed by atoms with van der Waals surface area (Å²) in [6.07, 6.45) is 1.89. The summed E-state index contributed by atoms with van der Waals surface area (Å²) >= 11 is 2.98. The molecule has 0 aliphatic heterocycles. The molecule has 1 rings (SSSR count). The summed E-state index contributed by atoms with van der Waals surface area (Å²) in [5, 5.41) is 8.81. The fourth-order valence-electron chi connectivity index (χ4n) is 4.11. The highest BCUT2D eigenvalue weighted by Crippen LogP contribution is 2.56. The number of aliphatic carboxylic acids is 1. The first kappa shape index (κ1) is 30.1. The van der Waals surface area contributed by atoms with Crippen LogP contribution in [0.25, 0.3) is 0 Å². The predicted molar refractivity (Wildman–Crippen MR) is 129 cm³/mol. The van der Waals surface area contributed by atoms with Gasteiger partial charge in [-0.2, -0.15) is 23.5 Å². The highest BCUT2D eigenvalue weighted by Gasteiger charge is 2.61. The van der Waals surface area contributed by atoms with E-state index in [9.17, 15) is 19.5 Å². The van der Waals surface area contributed by atoms with E-state index < -0.39 is 34.7 Å². The minimum atomic E-state index is -1.09. The minimum absolute atomic E-state index is 0. The lowest BCUT2D eigenvalue weighted by atomic mass is 9.57. The van der Waals surface area contributed by atoms with Gasteiger partial charge >= 0.3 is 17.9 Å². The molecule has 0 fully saturated rings. The van der Waals surface area contributed by atoms with Crippen LogP contribution in [0.1, 0.15) is 41.5 Å². The Balaban J connectivity index is 0.00000900. The molecule has 0 saturated heterocycles. The van der Waals surface area contributed by atoms with E-state index in [-0.39, 0.29) is 42.6 Å². The second-order valence-electron chi connectivity index (χ2n) is 7.76. The number of hydrogen-bond donors (Lipinski definition) is 2. The Labute approximate surface area is 200 Å². The van der Waals surface area contributed by atoms with Gasteiger partial charge in [0.2, 0.25) is 0 Å². The maximum Gasteiger partial charge on any atom is 0.321 e. The van der Waals surface area contributed by atoms with Crippen LogP contribution in [0.3, 0.4) is 0 Å². The summed E-state index contributed by atoms with van der Waals surface area (Å²) in [5.74, 6) is -0.707. The Morgan fingerprint density at radius 1 is 1.16 bits per heavy atom. The van der Waals surface area contributed by atoms with Crippen LogP contribution in [0.4, 0.5) is 0 Å². The van der Waals surface area contributed by atoms with Gasteiger partial charge in [0.05, 0.1) is 24.0 Å². The summed E-state index contributed by atoms with van der Waals surface area (Å²) in [6, 6.07) is -1.05. The van der Waals surface area contributed by atoms with Crippen molar-refractivity contribution in [1.29, 1.82) is 0 Å². The number of carbonyl (C=O) groups excluding carboxylic acids is 2. The standard InChI is InChI=1S/C21H35NO6S2.ClH/c1-7-27-18(25)20(5)10-13(4)16(30-11-14(22)17(23)24)21(6,19(26)28-8-2)15(20)12-29-9-3;/h10,14-16H,7-9,11-12,22H2,1-6H3,(H,23,24);1H/t14-,15?,16?,20?,21?;/m0./s1. The maximum atomic E-state index is 13.3. The highest BCUT2D eigenvalue weighted by atomic mass is 35.5. The summed E-state index contributed by atoms with van der Waals surface area (Å²) in [6.45, 7) is 11.5. The molecule has 0 aromatic heterocycles. The molecule has 5 atom stereocenters. The van der Waals surface area contributed by atoms with Crippen molar-refractivity contribution < 1.29 is 29.0 Å². The molecule has 31 heavy (non-hydrogen) atoms.